The number of hydrogen-bond acceptors (Lipinski definition) is 7. The van der Waals surface area contributed by atoms with Gasteiger partial charge in [-0.1, -0.05) is 0 Å². The summed E-state index contributed by atoms with van der Waals surface area (Å²) in [4.78, 5) is 31.1. The zero-order chi connectivity index (χ0) is 25.5. The lowest BCUT2D eigenvalue weighted by atomic mass is 9.92. The van der Waals surface area contributed by atoms with Gasteiger partial charge in [0.25, 0.3) is 0 Å². The third kappa shape index (κ3) is 5.30. The first-order valence-electron chi connectivity index (χ1n) is 11.4. The number of benzene rings is 1. The molecule has 9 nitrogen and oxygen atoms in total. The fourth-order valence-electron chi connectivity index (χ4n) is 4.59. The van der Waals surface area contributed by atoms with Gasteiger partial charge in [0.1, 0.15) is 23.3 Å². The maximum atomic E-state index is 14.6. The summed E-state index contributed by atoms with van der Waals surface area (Å²) in [5, 5.41) is 2.80. The minimum Gasteiger partial charge on any atom is -0.463 e. The fraction of sp³-hybridized carbons (Fsp3) is 0.542. The van der Waals surface area contributed by atoms with Crippen LogP contribution in [-0.2, 0) is 34.3 Å². The van der Waals surface area contributed by atoms with E-state index in [-0.39, 0.29) is 24.0 Å². The van der Waals surface area contributed by atoms with Crippen molar-refractivity contribution in [3.63, 3.8) is 0 Å². The topological polar surface area (TPSA) is 94.9 Å². The third-order valence-corrected chi connectivity index (χ3v) is 6.21. The normalized spacial score (nSPS) is 22.5. The van der Waals surface area contributed by atoms with Crippen molar-refractivity contribution < 1.29 is 32.6 Å². The number of carbonyl (C=O) groups is 2. The van der Waals surface area contributed by atoms with Crippen molar-refractivity contribution in [1.29, 1.82) is 0 Å². The van der Waals surface area contributed by atoms with E-state index in [1.165, 1.54) is 7.11 Å². The number of ether oxygens (including phenoxy) is 3. The van der Waals surface area contributed by atoms with Gasteiger partial charge in [0, 0.05) is 31.7 Å². The van der Waals surface area contributed by atoms with Crippen molar-refractivity contribution in [2.75, 3.05) is 13.7 Å². The van der Waals surface area contributed by atoms with E-state index >= 15 is 0 Å². The Kier molecular flexibility index (Phi) is 6.83. The molecule has 1 saturated heterocycles. The average Bonchev–Trinajstić information content (AvgIpc) is 3.33. The smallest absolute Gasteiger partial charge is 0.407 e. The summed E-state index contributed by atoms with van der Waals surface area (Å²) in [5.74, 6) is -1.47. The zero-order valence-electron chi connectivity index (χ0n) is 20.4. The molecule has 2 aliphatic rings. The predicted octanol–water partition coefficient (Wildman–Crippen LogP) is 3.22. The zero-order valence-corrected chi connectivity index (χ0v) is 20.4. The number of nitrogens with zero attached hydrogens (tertiary/aromatic N) is 3. The number of halogens is 2. The van der Waals surface area contributed by atoms with Crippen molar-refractivity contribution in [1.82, 2.24) is 19.8 Å². The van der Waals surface area contributed by atoms with Gasteiger partial charge in [-0.3, -0.25) is 4.90 Å². The Morgan fingerprint density at radius 2 is 1.97 bits per heavy atom. The molecule has 0 bridgehead atoms. The Balaban J connectivity index is 1.54. The monoisotopic (exact) mass is 492 g/mol. The van der Waals surface area contributed by atoms with Crippen LogP contribution in [0.1, 0.15) is 60.9 Å². The van der Waals surface area contributed by atoms with E-state index in [0.29, 0.717) is 19.5 Å². The molecular formula is C24H30F2N4O5. The highest BCUT2D eigenvalue weighted by molar-refractivity contribution is 5.85. The van der Waals surface area contributed by atoms with Crippen molar-refractivity contribution in [2.24, 2.45) is 7.05 Å². The van der Waals surface area contributed by atoms with Crippen LogP contribution in [0.25, 0.3) is 0 Å². The van der Waals surface area contributed by atoms with Gasteiger partial charge in [-0.15, -0.1) is 0 Å². The number of fused-ring (bicyclic) bond motifs is 1. The Labute approximate surface area is 202 Å². The van der Waals surface area contributed by atoms with Crippen LogP contribution in [-0.4, -0.2) is 57.9 Å². The quantitative estimate of drug-likeness (QED) is 0.655. The highest BCUT2D eigenvalue weighted by Gasteiger charge is 2.40. The lowest BCUT2D eigenvalue weighted by Gasteiger charge is -2.40. The van der Waals surface area contributed by atoms with Crippen LogP contribution in [0, 0.1) is 11.6 Å². The molecule has 0 aliphatic carbocycles. The molecule has 2 aromatic rings. The molecule has 1 amide bonds. The number of esters is 1. The number of imidazole rings is 1. The first-order chi connectivity index (χ1) is 16.5. The van der Waals surface area contributed by atoms with Crippen LogP contribution >= 0.6 is 0 Å². The number of hydrogen-bond donors (Lipinski definition) is 1. The summed E-state index contributed by atoms with van der Waals surface area (Å²) >= 11 is 0. The second kappa shape index (κ2) is 9.54. The SMILES string of the molecule is COC(=O)c1nc2c(n1C)CN([C@H]1CO[C@H](c3cc(F)ccc3F)[C@@H](NC(=O)OC(C)(C)C)C1)C2. The van der Waals surface area contributed by atoms with Crippen LogP contribution in [0.5, 0.6) is 0 Å². The number of aromatic nitrogens is 2. The van der Waals surface area contributed by atoms with Gasteiger partial charge in [0.05, 0.1) is 31.1 Å². The number of alkyl carbamates (subject to hydrolysis) is 1. The molecule has 1 N–H and O–H groups in total. The summed E-state index contributed by atoms with van der Waals surface area (Å²) in [5.41, 5.74) is 0.972. The molecule has 0 radical (unpaired) electrons. The number of nitrogens with one attached hydrogen (secondary N) is 1. The molecule has 2 aliphatic heterocycles. The first-order valence-corrected chi connectivity index (χ1v) is 11.4. The molecule has 1 aromatic carbocycles. The molecule has 0 saturated carbocycles. The summed E-state index contributed by atoms with van der Waals surface area (Å²) in [6.45, 7) is 6.47. The first kappa shape index (κ1) is 25.1. The van der Waals surface area contributed by atoms with E-state index in [0.717, 1.165) is 29.6 Å². The Bertz CT molecular complexity index is 1130. The van der Waals surface area contributed by atoms with E-state index < -0.39 is 41.4 Å². The molecule has 11 heteroatoms. The molecule has 3 atom stereocenters. The second-order valence-electron chi connectivity index (χ2n) is 9.85. The molecule has 0 spiro atoms. The Hall–Kier alpha value is -3.05. The van der Waals surface area contributed by atoms with E-state index in [1.807, 2.05) is 0 Å². The highest BCUT2D eigenvalue weighted by atomic mass is 19.1. The molecule has 3 heterocycles. The van der Waals surface area contributed by atoms with E-state index in [1.54, 1.807) is 32.4 Å². The number of methoxy groups -OCH3 is 1. The number of rotatable bonds is 4. The largest absolute Gasteiger partial charge is 0.463 e. The molecule has 35 heavy (non-hydrogen) atoms. The van der Waals surface area contributed by atoms with Crippen LogP contribution in [0.3, 0.4) is 0 Å². The molecule has 190 valence electrons. The lowest BCUT2D eigenvalue weighted by Crippen LogP contribution is -2.52. The standard InChI is InChI=1S/C24H30F2N4O5/c1-24(2,3)35-23(32)28-17-9-14(12-34-20(17)15-8-13(25)6-7-16(15)26)30-10-18-19(11-30)29(4)21(27-18)22(31)33-5/h6-8,14,17,20H,9-12H2,1-5H3,(H,28,32)/t14-,17+,20-/m1/s1. The maximum Gasteiger partial charge on any atom is 0.407 e. The van der Waals surface area contributed by atoms with Gasteiger partial charge in [-0.2, -0.15) is 0 Å². The van der Waals surface area contributed by atoms with E-state index in [9.17, 15) is 18.4 Å². The van der Waals surface area contributed by atoms with Gasteiger partial charge in [-0.25, -0.2) is 23.4 Å². The molecule has 1 aromatic heterocycles. The highest BCUT2D eigenvalue weighted by Crippen LogP contribution is 2.35. The van der Waals surface area contributed by atoms with Crippen molar-refractivity contribution in [3.05, 3.63) is 52.6 Å². The maximum absolute atomic E-state index is 14.6. The van der Waals surface area contributed by atoms with Crippen LogP contribution < -0.4 is 5.32 Å². The van der Waals surface area contributed by atoms with Crippen LogP contribution in [0.2, 0.25) is 0 Å². The van der Waals surface area contributed by atoms with E-state index in [4.69, 9.17) is 14.2 Å². The Morgan fingerprint density at radius 3 is 2.63 bits per heavy atom. The lowest BCUT2D eigenvalue weighted by molar-refractivity contribution is -0.0630. The minimum atomic E-state index is -0.886. The third-order valence-electron chi connectivity index (χ3n) is 6.21. The van der Waals surface area contributed by atoms with Gasteiger partial charge >= 0.3 is 12.1 Å². The summed E-state index contributed by atoms with van der Waals surface area (Å²) in [6, 6.07) is 2.37. The number of amides is 1. The summed E-state index contributed by atoms with van der Waals surface area (Å²) in [6.07, 6.45) is -1.14. The van der Waals surface area contributed by atoms with Gasteiger partial charge < -0.3 is 24.1 Å². The van der Waals surface area contributed by atoms with Crippen LogP contribution in [0.15, 0.2) is 18.2 Å². The average molecular weight is 493 g/mol. The Morgan fingerprint density at radius 1 is 1.23 bits per heavy atom. The minimum absolute atomic E-state index is 0.0404. The van der Waals surface area contributed by atoms with Crippen molar-refractivity contribution in [2.45, 2.75) is 64.1 Å². The molecule has 1 fully saturated rings. The number of carbonyl (C=O) groups excluding carboxylic acids is 2. The molecule has 4 rings (SSSR count). The second-order valence-corrected chi connectivity index (χ2v) is 9.85. The van der Waals surface area contributed by atoms with Gasteiger partial charge in [-0.05, 0) is 45.4 Å². The summed E-state index contributed by atoms with van der Waals surface area (Å²) in [7, 11) is 3.07. The van der Waals surface area contributed by atoms with Crippen molar-refractivity contribution in [3.8, 4) is 0 Å². The van der Waals surface area contributed by atoms with E-state index in [2.05, 4.69) is 15.2 Å². The fourth-order valence-corrected chi connectivity index (χ4v) is 4.59. The predicted molar refractivity (Wildman–Crippen MR) is 120 cm³/mol. The van der Waals surface area contributed by atoms with Gasteiger partial charge in [0.15, 0.2) is 0 Å². The molecular weight excluding hydrogens is 462 g/mol. The van der Waals surface area contributed by atoms with Crippen LogP contribution in [0.4, 0.5) is 13.6 Å². The van der Waals surface area contributed by atoms with Gasteiger partial charge in [0.2, 0.25) is 5.82 Å². The molecule has 0 unspecified atom stereocenters. The van der Waals surface area contributed by atoms with Crippen molar-refractivity contribution >= 4 is 12.1 Å². The summed E-state index contributed by atoms with van der Waals surface area (Å²) < 4.78 is 46.5.